The fourth-order valence-electron chi connectivity index (χ4n) is 1.82. The van der Waals surface area contributed by atoms with Gasteiger partial charge in [0.15, 0.2) is 0 Å². The molecule has 0 saturated heterocycles. The molecule has 0 radical (unpaired) electrons. The van der Waals surface area contributed by atoms with Crippen LogP contribution < -0.4 is 10.5 Å². The number of hydrogen-bond acceptors (Lipinski definition) is 4. The van der Waals surface area contributed by atoms with Gasteiger partial charge in [0, 0.05) is 19.6 Å². The first kappa shape index (κ1) is 15.5. The van der Waals surface area contributed by atoms with Gasteiger partial charge in [-0.25, -0.2) is 0 Å². The Morgan fingerprint density at radius 1 is 1.26 bits per heavy atom. The molecular formula is C14H24N4O. The molecule has 0 saturated carbocycles. The van der Waals surface area contributed by atoms with Crippen molar-refractivity contribution in [1.29, 1.82) is 5.41 Å². The third kappa shape index (κ3) is 4.89. The van der Waals surface area contributed by atoms with Gasteiger partial charge in [-0.2, -0.15) is 0 Å². The van der Waals surface area contributed by atoms with E-state index in [0.29, 0.717) is 11.3 Å². The topological polar surface area (TPSA) is 65.6 Å². The largest absolute Gasteiger partial charge is 0.496 e. The fourth-order valence-corrected chi connectivity index (χ4v) is 1.82. The summed E-state index contributed by atoms with van der Waals surface area (Å²) in [6, 6.07) is 5.78. The first-order chi connectivity index (χ1) is 8.93. The summed E-state index contributed by atoms with van der Waals surface area (Å²) in [5, 5.41) is 7.49. The molecule has 0 heterocycles. The zero-order chi connectivity index (χ0) is 14.4. The number of nitrogens with two attached hydrogens (primary N) is 1. The van der Waals surface area contributed by atoms with Gasteiger partial charge in [-0.3, -0.25) is 5.41 Å². The molecule has 0 bridgehead atoms. The van der Waals surface area contributed by atoms with Gasteiger partial charge in [0.1, 0.15) is 11.6 Å². The molecule has 1 aromatic carbocycles. The predicted molar refractivity (Wildman–Crippen MR) is 78.9 cm³/mol. The van der Waals surface area contributed by atoms with Crippen LogP contribution in [0.3, 0.4) is 0 Å². The van der Waals surface area contributed by atoms with E-state index in [1.54, 1.807) is 7.11 Å². The van der Waals surface area contributed by atoms with Gasteiger partial charge in [-0.05, 0) is 38.8 Å². The SMILES string of the molecule is COc1cc(CN(C)CCN(C)C)ccc1C(=N)N. The Morgan fingerprint density at radius 3 is 2.47 bits per heavy atom. The molecule has 5 heteroatoms. The lowest BCUT2D eigenvalue weighted by atomic mass is 10.1. The number of methoxy groups -OCH3 is 1. The van der Waals surface area contributed by atoms with Gasteiger partial charge in [-0.1, -0.05) is 6.07 Å². The normalized spacial score (nSPS) is 11.1. The summed E-state index contributed by atoms with van der Waals surface area (Å²) in [7, 11) is 7.83. The van der Waals surface area contributed by atoms with E-state index >= 15 is 0 Å². The van der Waals surface area contributed by atoms with Gasteiger partial charge in [-0.15, -0.1) is 0 Å². The van der Waals surface area contributed by atoms with Crippen molar-refractivity contribution in [2.75, 3.05) is 41.3 Å². The number of rotatable bonds is 7. The van der Waals surface area contributed by atoms with E-state index in [4.69, 9.17) is 15.9 Å². The number of likely N-dealkylation sites (N-methyl/N-ethyl adjacent to an activating group) is 2. The summed E-state index contributed by atoms with van der Waals surface area (Å²) in [5.74, 6) is 0.690. The maximum absolute atomic E-state index is 7.49. The molecule has 0 unspecified atom stereocenters. The molecule has 0 spiro atoms. The lowest BCUT2D eigenvalue weighted by molar-refractivity contribution is 0.276. The average molecular weight is 264 g/mol. The quantitative estimate of drug-likeness (QED) is 0.569. The van der Waals surface area contributed by atoms with Gasteiger partial charge in [0.2, 0.25) is 0 Å². The molecule has 0 fully saturated rings. The Balaban J connectivity index is 2.71. The van der Waals surface area contributed by atoms with Crippen molar-refractivity contribution in [3.05, 3.63) is 29.3 Å². The highest BCUT2D eigenvalue weighted by Gasteiger charge is 2.08. The Bertz CT molecular complexity index is 431. The molecule has 0 aliphatic heterocycles. The van der Waals surface area contributed by atoms with Crippen molar-refractivity contribution in [2.24, 2.45) is 5.73 Å². The van der Waals surface area contributed by atoms with Crippen molar-refractivity contribution in [3.8, 4) is 5.75 Å². The molecule has 3 N–H and O–H groups in total. The van der Waals surface area contributed by atoms with Crippen LogP contribution in [0.25, 0.3) is 0 Å². The van der Waals surface area contributed by atoms with Crippen LogP contribution in [-0.4, -0.2) is 57.0 Å². The zero-order valence-electron chi connectivity index (χ0n) is 12.2. The minimum atomic E-state index is 0.0318. The van der Waals surface area contributed by atoms with Crippen LogP contribution in [0.4, 0.5) is 0 Å². The summed E-state index contributed by atoms with van der Waals surface area (Å²) in [5.41, 5.74) is 7.31. The first-order valence-electron chi connectivity index (χ1n) is 6.28. The van der Waals surface area contributed by atoms with Crippen LogP contribution in [0.1, 0.15) is 11.1 Å². The second kappa shape index (κ2) is 7.11. The third-order valence-corrected chi connectivity index (χ3v) is 2.94. The van der Waals surface area contributed by atoms with Gasteiger partial charge >= 0.3 is 0 Å². The molecular weight excluding hydrogens is 240 g/mol. The molecule has 0 amide bonds. The Hall–Kier alpha value is -1.59. The minimum Gasteiger partial charge on any atom is -0.496 e. The van der Waals surface area contributed by atoms with Crippen molar-refractivity contribution < 1.29 is 4.74 Å². The standard InChI is InChI=1S/C14H24N4O/c1-17(2)7-8-18(3)10-11-5-6-12(14(15)16)13(9-11)19-4/h5-6,9H,7-8,10H2,1-4H3,(H3,15,16). The lowest BCUT2D eigenvalue weighted by Gasteiger charge is -2.20. The minimum absolute atomic E-state index is 0.0318. The number of benzene rings is 1. The van der Waals surface area contributed by atoms with Gasteiger partial charge < -0.3 is 20.3 Å². The Morgan fingerprint density at radius 2 is 1.95 bits per heavy atom. The predicted octanol–water partition coefficient (Wildman–Crippen LogP) is 0.973. The van der Waals surface area contributed by atoms with Crippen LogP contribution in [0.5, 0.6) is 5.75 Å². The molecule has 0 aliphatic rings. The van der Waals surface area contributed by atoms with E-state index in [1.165, 1.54) is 0 Å². The second-order valence-electron chi connectivity index (χ2n) is 4.99. The molecule has 19 heavy (non-hydrogen) atoms. The number of nitrogens with zero attached hydrogens (tertiary/aromatic N) is 2. The van der Waals surface area contributed by atoms with E-state index in [1.807, 2.05) is 18.2 Å². The van der Waals surface area contributed by atoms with E-state index in [9.17, 15) is 0 Å². The van der Waals surface area contributed by atoms with Crippen LogP contribution >= 0.6 is 0 Å². The van der Waals surface area contributed by atoms with Gasteiger partial charge in [0.05, 0.1) is 12.7 Å². The van der Waals surface area contributed by atoms with E-state index in [2.05, 4.69) is 30.9 Å². The maximum Gasteiger partial charge on any atom is 0.130 e. The summed E-state index contributed by atoms with van der Waals surface area (Å²) in [6.45, 7) is 2.88. The smallest absolute Gasteiger partial charge is 0.130 e. The second-order valence-corrected chi connectivity index (χ2v) is 4.99. The van der Waals surface area contributed by atoms with E-state index in [-0.39, 0.29) is 5.84 Å². The Kier molecular flexibility index (Phi) is 5.79. The molecule has 0 aromatic heterocycles. The summed E-state index contributed by atoms with van der Waals surface area (Å²) in [4.78, 5) is 4.41. The third-order valence-electron chi connectivity index (χ3n) is 2.94. The van der Waals surface area contributed by atoms with E-state index < -0.39 is 0 Å². The molecule has 0 atom stereocenters. The van der Waals surface area contributed by atoms with E-state index in [0.717, 1.165) is 25.2 Å². The van der Waals surface area contributed by atoms with Crippen molar-refractivity contribution in [2.45, 2.75) is 6.54 Å². The number of nitrogens with one attached hydrogen (secondary N) is 1. The first-order valence-corrected chi connectivity index (χ1v) is 6.28. The summed E-state index contributed by atoms with van der Waals surface area (Å²) >= 11 is 0. The van der Waals surface area contributed by atoms with Crippen LogP contribution in [0.2, 0.25) is 0 Å². The van der Waals surface area contributed by atoms with Crippen LogP contribution in [0, 0.1) is 5.41 Å². The maximum atomic E-state index is 7.49. The lowest BCUT2D eigenvalue weighted by Crippen LogP contribution is -2.28. The molecule has 1 aromatic rings. The highest BCUT2D eigenvalue weighted by Crippen LogP contribution is 2.20. The Labute approximate surface area is 115 Å². The molecule has 0 aliphatic carbocycles. The number of nitrogen functional groups attached to an aromatic ring is 1. The highest BCUT2D eigenvalue weighted by atomic mass is 16.5. The number of ether oxygens (including phenoxy) is 1. The molecule has 5 nitrogen and oxygen atoms in total. The van der Waals surface area contributed by atoms with Crippen LogP contribution in [0.15, 0.2) is 18.2 Å². The summed E-state index contributed by atoms with van der Waals surface area (Å²) < 4.78 is 5.28. The number of amidine groups is 1. The van der Waals surface area contributed by atoms with Crippen molar-refractivity contribution >= 4 is 5.84 Å². The van der Waals surface area contributed by atoms with Crippen molar-refractivity contribution in [1.82, 2.24) is 9.80 Å². The summed E-state index contributed by atoms with van der Waals surface area (Å²) in [6.07, 6.45) is 0. The fraction of sp³-hybridized carbons (Fsp3) is 0.500. The van der Waals surface area contributed by atoms with Crippen LogP contribution in [-0.2, 0) is 6.54 Å². The number of hydrogen-bond donors (Lipinski definition) is 2. The molecule has 1 rings (SSSR count). The molecule has 106 valence electrons. The average Bonchev–Trinajstić information content (AvgIpc) is 2.35. The van der Waals surface area contributed by atoms with Gasteiger partial charge in [0.25, 0.3) is 0 Å². The van der Waals surface area contributed by atoms with Crippen molar-refractivity contribution in [3.63, 3.8) is 0 Å². The highest BCUT2D eigenvalue weighted by molar-refractivity contribution is 5.97. The monoisotopic (exact) mass is 264 g/mol. The zero-order valence-corrected chi connectivity index (χ0v) is 12.2.